The minimum absolute atomic E-state index is 0.702. The lowest BCUT2D eigenvalue weighted by Gasteiger charge is -2.08. The van der Waals surface area contributed by atoms with Gasteiger partial charge in [-0.1, -0.05) is 48.0 Å². The van der Waals surface area contributed by atoms with Crippen molar-refractivity contribution in [2.45, 2.75) is 13.8 Å². The van der Waals surface area contributed by atoms with Crippen LogP contribution in [-0.4, -0.2) is 0 Å². The van der Waals surface area contributed by atoms with Crippen LogP contribution in [0.2, 0.25) is 5.02 Å². The molecule has 0 aliphatic carbocycles. The van der Waals surface area contributed by atoms with E-state index < -0.39 is 0 Å². The highest BCUT2D eigenvalue weighted by molar-refractivity contribution is 6.30. The quantitative estimate of drug-likeness (QED) is 0.395. The van der Waals surface area contributed by atoms with Gasteiger partial charge < -0.3 is 4.42 Å². The standard InChI is InChI=1S/C23H18ClNO/c1-15-12-16(2)23-20(25-19-10-8-18(24)9-11-19)14-21(26-22(23)13-15)17-6-4-3-5-7-17/h3-14H,1-2H3. The summed E-state index contributed by atoms with van der Waals surface area (Å²) in [6.07, 6.45) is 0. The number of hydrogen-bond donors (Lipinski definition) is 0. The maximum atomic E-state index is 6.23. The fourth-order valence-corrected chi connectivity index (χ4v) is 3.30. The molecule has 4 aromatic rings. The number of rotatable bonds is 2. The topological polar surface area (TPSA) is 25.5 Å². The minimum atomic E-state index is 0.702. The highest BCUT2D eigenvalue weighted by Gasteiger charge is 2.09. The highest BCUT2D eigenvalue weighted by atomic mass is 35.5. The van der Waals surface area contributed by atoms with E-state index in [1.807, 2.05) is 60.7 Å². The Balaban J connectivity index is 2.04. The first-order chi connectivity index (χ1) is 12.6. The molecule has 26 heavy (non-hydrogen) atoms. The maximum absolute atomic E-state index is 6.23. The number of fused-ring (bicyclic) bond motifs is 1. The molecule has 0 saturated heterocycles. The van der Waals surface area contributed by atoms with Crippen LogP contribution in [0.3, 0.4) is 0 Å². The van der Waals surface area contributed by atoms with Crippen LogP contribution in [0, 0.1) is 13.8 Å². The Morgan fingerprint density at radius 1 is 0.846 bits per heavy atom. The Bertz CT molecular complexity index is 1140. The molecule has 0 fully saturated rings. The van der Waals surface area contributed by atoms with Crippen LogP contribution in [0.25, 0.3) is 22.3 Å². The maximum Gasteiger partial charge on any atom is 0.137 e. The first-order valence-electron chi connectivity index (χ1n) is 8.51. The predicted molar refractivity (Wildman–Crippen MR) is 108 cm³/mol. The third kappa shape index (κ3) is 3.29. The van der Waals surface area contributed by atoms with Gasteiger partial charge in [-0.3, -0.25) is 0 Å². The molecule has 0 aliphatic heterocycles. The van der Waals surface area contributed by atoms with E-state index >= 15 is 0 Å². The van der Waals surface area contributed by atoms with E-state index in [0.717, 1.165) is 38.9 Å². The molecule has 1 aromatic heterocycles. The second-order valence-corrected chi connectivity index (χ2v) is 6.84. The summed E-state index contributed by atoms with van der Waals surface area (Å²) in [6, 6.07) is 23.9. The molecule has 0 amide bonds. The Labute approximate surface area is 157 Å². The zero-order valence-corrected chi connectivity index (χ0v) is 15.4. The third-order valence-corrected chi connectivity index (χ3v) is 4.57. The largest absolute Gasteiger partial charge is 0.456 e. The van der Waals surface area contributed by atoms with Gasteiger partial charge in [0, 0.05) is 22.0 Å². The van der Waals surface area contributed by atoms with Gasteiger partial charge in [-0.15, -0.1) is 0 Å². The van der Waals surface area contributed by atoms with Crippen LogP contribution in [-0.2, 0) is 0 Å². The Morgan fingerprint density at radius 3 is 2.31 bits per heavy atom. The third-order valence-electron chi connectivity index (χ3n) is 4.32. The van der Waals surface area contributed by atoms with Gasteiger partial charge in [-0.05, 0) is 55.3 Å². The van der Waals surface area contributed by atoms with E-state index in [4.69, 9.17) is 21.0 Å². The van der Waals surface area contributed by atoms with Crippen molar-refractivity contribution in [2.24, 2.45) is 4.99 Å². The van der Waals surface area contributed by atoms with Crippen molar-refractivity contribution in [2.75, 3.05) is 0 Å². The molecule has 0 spiro atoms. The Hall–Kier alpha value is -2.84. The fraction of sp³-hybridized carbons (Fsp3) is 0.0870. The normalized spacial score (nSPS) is 11.9. The molecule has 3 aromatic carbocycles. The highest BCUT2D eigenvalue weighted by Crippen LogP contribution is 2.25. The first kappa shape index (κ1) is 16.6. The lowest BCUT2D eigenvalue weighted by Crippen LogP contribution is -2.05. The second-order valence-electron chi connectivity index (χ2n) is 6.41. The van der Waals surface area contributed by atoms with E-state index in [-0.39, 0.29) is 0 Å². The van der Waals surface area contributed by atoms with Crippen LogP contribution < -0.4 is 5.36 Å². The van der Waals surface area contributed by atoms with Gasteiger partial charge in [0.1, 0.15) is 11.3 Å². The molecular weight excluding hydrogens is 342 g/mol. The summed E-state index contributed by atoms with van der Waals surface area (Å²) in [5, 5.41) is 2.63. The minimum Gasteiger partial charge on any atom is -0.456 e. The van der Waals surface area contributed by atoms with Crippen molar-refractivity contribution in [1.82, 2.24) is 0 Å². The summed E-state index contributed by atoms with van der Waals surface area (Å²) >= 11 is 6.00. The average Bonchev–Trinajstić information content (AvgIpc) is 2.63. The summed E-state index contributed by atoms with van der Waals surface area (Å²) in [4.78, 5) is 4.87. The monoisotopic (exact) mass is 359 g/mol. The van der Waals surface area contributed by atoms with Gasteiger partial charge in [-0.2, -0.15) is 0 Å². The van der Waals surface area contributed by atoms with Gasteiger partial charge in [0.05, 0.1) is 11.0 Å². The van der Waals surface area contributed by atoms with Gasteiger partial charge in [0.2, 0.25) is 0 Å². The summed E-state index contributed by atoms with van der Waals surface area (Å²) in [5.41, 5.74) is 5.05. The summed E-state index contributed by atoms with van der Waals surface area (Å²) in [7, 11) is 0. The molecule has 3 heteroatoms. The van der Waals surface area contributed by atoms with Crippen molar-refractivity contribution in [3.05, 3.63) is 94.3 Å². The number of aryl methyl sites for hydroxylation is 2. The van der Waals surface area contributed by atoms with Crippen LogP contribution in [0.15, 0.2) is 82.2 Å². The average molecular weight is 360 g/mol. The molecule has 1 heterocycles. The Morgan fingerprint density at radius 2 is 1.58 bits per heavy atom. The molecular formula is C23H18ClNO. The van der Waals surface area contributed by atoms with E-state index in [1.165, 1.54) is 5.56 Å². The summed E-state index contributed by atoms with van der Waals surface area (Å²) < 4.78 is 6.23. The smallest absolute Gasteiger partial charge is 0.137 e. The van der Waals surface area contributed by atoms with Crippen molar-refractivity contribution < 1.29 is 4.42 Å². The lowest BCUT2D eigenvalue weighted by atomic mass is 10.0. The molecule has 0 aliphatic rings. The molecule has 4 rings (SSSR count). The van der Waals surface area contributed by atoms with Crippen LogP contribution in [0.1, 0.15) is 11.1 Å². The van der Waals surface area contributed by atoms with E-state index in [1.54, 1.807) is 0 Å². The summed E-state index contributed by atoms with van der Waals surface area (Å²) in [6.45, 7) is 4.17. The summed E-state index contributed by atoms with van der Waals surface area (Å²) in [5.74, 6) is 0.802. The van der Waals surface area contributed by atoms with Crippen LogP contribution in [0.5, 0.6) is 0 Å². The number of benzene rings is 3. The van der Waals surface area contributed by atoms with Gasteiger partial charge in [0.25, 0.3) is 0 Å². The molecule has 0 saturated carbocycles. The zero-order valence-electron chi connectivity index (χ0n) is 14.7. The lowest BCUT2D eigenvalue weighted by molar-refractivity contribution is 0.618. The first-order valence-corrected chi connectivity index (χ1v) is 8.89. The number of nitrogens with zero attached hydrogens (tertiary/aromatic N) is 1. The van der Waals surface area contributed by atoms with Crippen molar-refractivity contribution in [1.29, 1.82) is 0 Å². The van der Waals surface area contributed by atoms with Gasteiger partial charge >= 0.3 is 0 Å². The second kappa shape index (κ2) is 6.81. The fourth-order valence-electron chi connectivity index (χ4n) is 3.17. The zero-order chi connectivity index (χ0) is 18.1. The van der Waals surface area contributed by atoms with E-state index in [2.05, 4.69) is 26.0 Å². The molecule has 128 valence electrons. The van der Waals surface area contributed by atoms with Gasteiger partial charge in [0.15, 0.2) is 0 Å². The van der Waals surface area contributed by atoms with Crippen molar-refractivity contribution in [3.8, 4) is 11.3 Å². The number of hydrogen-bond acceptors (Lipinski definition) is 2. The molecule has 0 unspecified atom stereocenters. The molecule has 0 radical (unpaired) electrons. The van der Waals surface area contributed by atoms with Crippen molar-refractivity contribution in [3.63, 3.8) is 0 Å². The van der Waals surface area contributed by atoms with E-state index in [9.17, 15) is 0 Å². The predicted octanol–water partition coefficient (Wildman–Crippen LogP) is 6.60. The Kier molecular flexibility index (Phi) is 4.36. The molecule has 0 bridgehead atoms. The van der Waals surface area contributed by atoms with Crippen molar-refractivity contribution >= 4 is 28.3 Å². The van der Waals surface area contributed by atoms with Crippen LogP contribution >= 0.6 is 11.6 Å². The molecule has 0 N–H and O–H groups in total. The SMILES string of the molecule is Cc1cc(C)c2c(=Nc3ccc(Cl)cc3)cc(-c3ccccc3)oc2c1. The molecule has 2 nitrogen and oxygen atoms in total. The van der Waals surface area contributed by atoms with Gasteiger partial charge in [-0.25, -0.2) is 4.99 Å². The van der Waals surface area contributed by atoms with E-state index in [0.29, 0.717) is 5.02 Å². The van der Waals surface area contributed by atoms with Crippen LogP contribution in [0.4, 0.5) is 5.69 Å². The number of halogens is 1. The molecule has 0 atom stereocenters.